The van der Waals surface area contributed by atoms with Gasteiger partial charge in [0.2, 0.25) is 0 Å². The minimum atomic E-state index is 0.621. The summed E-state index contributed by atoms with van der Waals surface area (Å²) < 4.78 is 5.85. The highest BCUT2D eigenvalue weighted by molar-refractivity contribution is 5.28. The van der Waals surface area contributed by atoms with E-state index in [9.17, 15) is 0 Å². The van der Waals surface area contributed by atoms with Crippen LogP contribution in [0.3, 0.4) is 0 Å². The number of ether oxygens (including phenoxy) is 1. The topological polar surface area (TPSA) is 24.5 Å². The molecule has 1 fully saturated rings. The first-order valence-corrected chi connectivity index (χ1v) is 10.5. The predicted octanol–water partition coefficient (Wildman–Crippen LogP) is 4.66. The van der Waals surface area contributed by atoms with Gasteiger partial charge in [0.15, 0.2) is 0 Å². The maximum Gasteiger partial charge on any atom is 0.119 e. The summed E-state index contributed by atoms with van der Waals surface area (Å²) in [5.74, 6) is 0.935. The average molecular weight is 367 g/mol. The summed E-state index contributed by atoms with van der Waals surface area (Å²) in [6, 6.07) is 19.6. The van der Waals surface area contributed by atoms with Gasteiger partial charge in [-0.2, -0.15) is 0 Å². The zero-order valence-electron chi connectivity index (χ0n) is 16.7. The molecule has 0 spiro atoms. The number of hydrogen-bond acceptors (Lipinski definition) is 3. The van der Waals surface area contributed by atoms with Crippen LogP contribution in [0.1, 0.15) is 43.2 Å². The van der Waals surface area contributed by atoms with Crippen LogP contribution in [-0.4, -0.2) is 37.6 Å². The summed E-state index contributed by atoms with van der Waals surface area (Å²) in [6.45, 7) is 3.88. The van der Waals surface area contributed by atoms with Gasteiger partial charge in [0.05, 0.1) is 0 Å². The molecule has 1 N–H and O–H groups in total. The number of hydrogen-bond donors (Lipinski definition) is 1. The minimum absolute atomic E-state index is 0.621. The smallest absolute Gasteiger partial charge is 0.119 e. The van der Waals surface area contributed by atoms with E-state index in [4.69, 9.17) is 4.74 Å². The van der Waals surface area contributed by atoms with E-state index in [1.165, 1.54) is 43.2 Å². The minimum Gasteiger partial charge on any atom is -0.489 e. The van der Waals surface area contributed by atoms with Crippen LogP contribution in [0, 0.1) is 0 Å². The molecule has 0 amide bonds. The highest BCUT2D eigenvalue weighted by Gasteiger charge is 2.17. The third-order valence-electron chi connectivity index (χ3n) is 5.60. The fraction of sp³-hybridized carbons (Fsp3) is 0.500. The zero-order valence-corrected chi connectivity index (χ0v) is 16.7. The van der Waals surface area contributed by atoms with E-state index in [1.807, 2.05) is 18.2 Å². The van der Waals surface area contributed by atoms with Crippen molar-refractivity contribution in [1.82, 2.24) is 10.2 Å². The summed E-state index contributed by atoms with van der Waals surface area (Å²) in [5.41, 5.74) is 2.55. The summed E-state index contributed by atoms with van der Waals surface area (Å²) in [6.07, 6.45) is 8.08. The van der Waals surface area contributed by atoms with Crippen molar-refractivity contribution < 1.29 is 4.74 Å². The van der Waals surface area contributed by atoms with Crippen LogP contribution < -0.4 is 10.1 Å². The predicted molar refractivity (Wildman–Crippen MR) is 113 cm³/mol. The standard InChI is InChI=1S/C24H34N2O/c1-26(23-10-6-3-7-11-23)19-18-25-17-16-21-12-14-24(15-13-21)27-20-22-8-4-2-5-9-22/h2,4-5,8-9,12-15,23,25H,3,6-7,10-11,16-20H2,1H3. The molecule has 0 aliphatic heterocycles. The second kappa shape index (κ2) is 11.1. The molecule has 27 heavy (non-hydrogen) atoms. The van der Waals surface area contributed by atoms with Crippen molar-refractivity contribution in [3.8, 4) is 5.75 Å². The van der Waals surface area contributed by atoms with E-state index in [2.05, 4.69) is 53.7 Å². The molecule has 0 radical (unpaired) electrons. The van der Waals surface area contributed by atoms with Crippen LogP contribution in [0.2, 0.25) is 0 Å². The van der Waals surface area contributed by atoms with Gasteiger partial charge in [0.1, 0.15) is 12.4 Å². The van der Waals surface area contributed by atoms with Crippen molar-refractivity contribution in [2.45, 2.75) is 51.2 Å². The van der Waals surface area contributed by atoms with E-state index in [0.717, 1.165) is 37.8 Å². The molecule has 2 aromatic rings. The molecule has 146 valence electrons. The lowest BCUT2D eigenvalue weighted by molar-refractivity contribution is 0.192. The summed E-state index contributed by atoms with van der Waals surface area (Å²) in [4.78, 5) is 2.55. The van der Waals surface area contributed by atoms with E-state index >= 15 is 0 Å². The number of benzene rings is 2. The lowest BCUT2D eigenvalue weighted by Gasteiger charge is -2.31. The normalized spacial score (nSPS) is 15.2. The number of nitrogens with zero attached hydrogens (tertiary/aromatic N) is 1. The van der Waals surface area contributed by atoms with Crippen molar-refractivity contribution in [2.75, 3.05) is 26.7 Å². The molecule has 3 nitrogen and oxygen atoms in total. The molecule has 0 atom stereocenters. The second-order valence-corrected chi connectivity index (χ2v) is 7.69. The molecular formula is C24H34N2O. The first-order chi connectivity index (χ1) is 13.3. The van der Waals surface area contributed by atoms with Crippen molar-refractivity contribution in [3.63, 3.8) is 0 Å². The Kier molecular flexibility index (Phi) is 8.19. The SMILES string of the molecule is CN(CCNCCc1ccc(OCc2ccccc2)cc1)C1CCCCC1. The van der Waals surface area contributed by atoms with E-state index in [0.29, 0.717) is 6.61 Å². The fourth-order valence-corrected chi connectivity index (χ4v) is 3.81. The molecule has 1 aliphatic rings. The second-order valence-electron chi connectivity index (χ2n) is 7.69. The quantitative estimate of drug-likeness (QED) is 0.619. The highest BCUT2D eigenvalue weighted by atomic mass is 16.5. The molecule has 1 saturated carbocycles. The zero-order chi connectivity index (χ0) is 18.7. The van der Waals surface area contributed by atoms with Crippen LogP contribution in [0.4, 0.5) is 0 Å². The largest absolute Gasteiger partial charge is 0.489 e. The van der Waals surface area contributed by atoms with E-state index in [1.54, 1.807) is 0 Å². The molecule has 2 aromatic carbocycles. The van der Waals surface area contributed by atoms with Crippen LogP contribution >= 0.6 is 0 Å². The maximum absolute atomic E-state index is 5.85. The van der Waals surface area contributed by atoms with Crippen molar-refractivity contribution in [1.29, 1.82) is 0 Å². The maximum atomic E-state index is 5.85. The van der Waals surface area contributed by atoms with Gasteiger partial charge < -0.3 is 15.0 Å². The van der Waals surface area contributed by atoms with Crippen LogP contribution in [0.15, 0.2) is 54.6 Å². The molecule has 3 heteroatoms. The van der Waals surface area contributed by atoms with Gasteiger partial charge in [-0.3, -0.25) is 0 Å². The molecule has 0 heterocycles. The van der Waals surface area contributed by atoms with Gasteiger partial charge >= 0.3 is 0 Å². The summed E-state index contributed by atoms with van der Waals surface area (Å²) in [7, 11) is 2.28. The van der Waals surface area contributed by atoms with Gasteiger partial charge in [-0.05, 0) is 56.1 Å². The molecule has 3 rings (SSSR count). The van der Waals surface area contributed by atoms with Crippen molar-refractivity contribution in [2.24, 2.45) is 0 Å². The van der Waals surface area contributed by atoms with Gasteiger partial charge in [-0.1, -0.05) is 61.7 Å². The Morgan fingerprint density at radius 3 is 2.37 bits per heavy atom. The van der Waals surface area contributed by atoms with Crippen LogP contribution in [0.25, 0.3) is 0 Å². The monoisotopic (exact) mass is 366 g/mol. The van der Waals surface area contributed by atoms with Crippen LogP contribution in [0.5, 0.6) is 5.75 Å². The van der Waals surface area contributed by atoms with Gasteiger partial charge in [0, 0.05) is 19.1 Å². The Hall–Kier alpha value is -1.84. The molecule has 0 bridgehead atoms. The van der Waals surface area contributed by atoms with Gasteiger partial charge in [-0.15, -0.1) is 0 Å². The fourth-order valence-electron chi connectivity index (χ4n) is 3.81. The highest BCUT2D eigenvalue weighted by Crippen LogP contribution is 2.21. The first kappa shape index (κ1) is 19.9. The van der Waals surface area contributed by atoms with Crippen molar-refractivity contribution in [3.05, 3.63) is 65.7 Å². The molecule has 0 aromatic heterocycles. The Morgan fingerprint density at radius 2 is 1.63 bits per heavy atom. The van der Waals surface area contributed by atoms with Gasteiger partial charge in [-0.25, -0.2) is 0 Å². The number of nitrogens with one attached hydrogen (secondary N) is 1. The Labute approximate surface area is 164 Å². The van der Waals surface area contributed by atoms with Gasteiger partial charge in [0.25, 0.3) is 0 Å². The van der Waals surface area contributed by atoms with E-state index in [-0.39, 0.29) is 0 Å². The summed E-state index contributed by atoms with van der Waals surface area (Å²) >= 11 is 0. The number of likely N-dealkylation sites (N-methyl/N-ethyl adjacent to an activating group) is 1. The Balaban J connectivity index is 1.29. The first-order valence-electron chi connectivity index (χ1n) is 10.5. The lowest BCUT2D eigenvalue weighted by Crippen LogP contribution is -2.38. The Bertz CT molecular complexity index is 635. The molecule has 1 aliphatic carbocycles. The molecule has 0 unspecified atom stereocenters. The summed E-state index contributed by atoms with van der Waals surface area (Å²) in [5, 5.41) is 3.59. The number of rotatable bonds is 10. The third kappa shape index (κ3) is 7.00. The van der Waals surface area contributed by atoms with Crippen molar-refractivity contribution >= 4 is 0 Å². The molecular weight excluding hydrogens is 332 g/mol. The van der Waals surface area contributed by atoms with E-state index < -0.39 is 0 Å². The Morgan fingerprint density at radius 1 is 0.889 bits per heavy atom. The molecule has 0 saturated heterocycles. The average Bonchev–Trinajstić information content (AvgIpc) is 2.74. The third-order valence-corrected chi connectivity index (χ3v) is 5.60. The van der Waals surface area contributed by atoms with Crippen LogP contribution in [-0.2, 0) is 13.0 Å². The lowest BCUT2D eigenvalue weighted by atomic mass is 9.94.